The number of hydrogen-bond donors (Lipinski definition) is 0. The fraction of sp³-hybridized carbons (Fsp3) is 0.474. The van der Waals surface area contributed by atoms with Gasteiger partial charge >= 0.3 is 0 Å². The molecule has 122 valence electrons. The van der Waals surface area contributed by atoms with Crippen LogP contribution in [-0.2, 0) is 0 Å². The lowest BCUT2D eigenvalue weighted by atomic mass is 10.0. The number of anilines is 3. The van der Waals surface area contributed by atoms with Crippen LogP contribution in [0.3, 0.4) is 0 Å². The zero-order valence-electron chi connectivity index (χ0n) is 14.4. The summed E-state index contributed by atoms with van der Waals surface area (Å²) in [5.41, 5.74) is 2.16. The third-order valence-electron chi connectivity index (χ3n) is 4.44. The Morgan fingerprint density at radius 3 is 2.70 bits per heavy atom. The first kappa shape index (κ1) is 15.8. The molecule has 0 saturated carbocycles. The Morgan fingerprint density at radius 1 is 1.22 bits per heavy atom. The summed E-state index contributed by atoms with van der Waals surface area (Å²) < 4.78 is 0. The topological polar surface area (TPSA) is 32.3 Å². The molecule has 4 nitrogen and oxygen atoms in total. The van der Waals surface area contributed by atoms with Crippen molar-refractivity contribution in [1.82, 2.24) is 9.97 Å². The summed E-state index contributed by atoms with van der Waals surface area (Å²) in [7, 11) is 0. The van der Waals surface area contributed by atoms with Gasteiger partial charge in [-0.1, -0.05) is 25.1 Å². The highest BCUT2D eigenvalue weighted by atomic mass is 15.3. The van der Waals surface area contributed by atoms with E-state index in [9.17, 15) is 0 Å². The molecule has 1 unspecified atom stereocenters. The lowest BCUT2D eigenvalue weighted by Gasteiger charge is -2.32. The van der Waals surface area contributed by atoms with E-state index in [-0.39, 0.29) is 0 Å². The lowest BCUT2D eigenvalue weighted by molar-refractivity contribution is 0.444. The minimum absolute atomic E-state index is 0.735. The molecule has 1 aliphatic heterocycles. The molecular formula is C19H26N4. The molecule has 4 heteroatoms. The number of aromatic nitrogens is 2. The van der Waals surface area contributed by atoms with Crippen LogP contribution in [0.5, 0.6) is 0 Å². The molecule has 1 aromatic heterocycles. The van der Waals surface area contributed by atoms with Crippen molar-refractivity contribution in [2.75, 3.05) is 29.4 Å². The molecule has 0 N–H and O–H groups in total. The summed E-state index contributed by atoms with van der Waals surface area (Å²) in [5, 5.41) is 0. The number of rotatable bonds is 4. The van der Waals surface area contributed by atoms with Crippen molar-refractivity contribution in [3.63, 3.8) is 0 Å². The predicted octanol–water partition coefficient (Wildman–Crippen LogP) is 4.18. The van der Waals surface area contributed by atoms with Crippen LogP contribution in [-0.4, -0.2) is 29.6 Å². The van der Waals surface area contributed by atoms with Crippen LogP contribution in [0.1, 0.15) is 32.4 Å². The zero-order chi connectivity index (χ0) is 16.2. The van der Waals surface area contributed by atoms with Gasteiger partial charge in [-0.15, -0.1) is 0 Å². The van der Waals surface area contributed by atoms with Gasteiger partial charge in [0.1, 0.15) is 5.82 Å². The van der Waals surface area contributed by atoms with E-state index in [1.165, 1.54) is 12.8 Å². The fourth-order valence-corrected chi connectivity index (χ4v) is 3.26. The van der Waals surface area contributed by atoms with Crippen LogP contribution in [0.2, 0.25) is 0 Å². The van der Waals surface area contributed by atoms with E-state index in [4.69, 9.17) is 4.98 Å². The van der Waals surface area contributed by atoms with Crippen LogP contribution < -0.4 is 9.80 Å². The molecule has 0 bridgehead atoms. The van der Waals surface area contributed by atoms with E-state index in [2.05, 4.69) is 65.9 Å². The predicted molar refractivity (Wildman–Crippen MR) is 96.5 cm³/mol. The molecule has 2 aromatic rings. The summed E-state index contributed by atoms with van der Waals surface area (Å²) in [6, 6.07) is 12.5. The van der Waals surface area contributed by atoms with Gasteiger partial charge in [0, 0.05) is 37.1 Å². The second-order valence-electron chi connectivity index (χ2n) is 6.44. The van der Waals surface area contributed by atoms with Gasteiger partial charge in [-0.05, 0) is 44.7 Å². The van der Waals surface area contributed by atoms with Crippen LogP contribution >= 0.6 is 0 Å². The lowest BCUT2D eigenvalue weighted by Crippen LogP contribution is -2.35. The van der Waals surface area contributed by atoms with Crippen LogP contribution in [0.4, 0.5) is 17.5 Å². The van der Waals surface area contributed by atoms with Gasteiger partial charge in [-0.25, -0.2) is 4.98 Å². The molecule has 0 aliphatic carbocycles. The normalized spacial score (nSPS) is 18.0. The maximum Gasteiger partial charge on any atom is 0.232 e. The molecule has 2 heterocycles. The minimum Gasteiger partial charge on any atom is -0.356 e. The highest BCUT2D eigenvalue weighted by Gasteiger charge is 2.20. The molecular weight excluding hydrogens is 284 g/mol. The molecule has 1 atom stereocenters. The van der Waals surface area contributed by atoms with Crippen molar-refractivity contribution in [3.8, 4) is 0 Å². The molecule has 1 saturated heterocycles. The Balaban J connectivity index is 1.93. The van der Waals surface area contributed by atoms with Crippen molar-refractivity contribution in [2.24, 2.45) is 5.92 Å². The summed E-state index contributed by atoms with van der Waals surface area (Å²) in [4.78, 5) is 14.1. The maximum absolute atomic E-state index is 4.88. The number of piperidine rings is 1. The van der Waals surface area contributed by atoms with Crippen molar-refractivity contribution in [3.05, 3.63) is 42.1 Å². The zero-order valence-corrected chi connectivity index (χ0v) is 14.4. The largest absolute Gasteiger partial charge is 0.356 e. The Bertz CT molecular complexity index is 641. The number of para-hydroxylation sites is 1. The average molecular weight is 310 g/mol. The Kier molecular flexibility index (Phi) is 4.79. The Morgan fingerprint density at radius 2 is 2.00 bits per heavy atom. The van der Waals surface area contributed by atoms with E-state index in [1.807, 2.05) is 6.07 Å². The number of aryl methyl sites for hydroxylation is 1. The van der Waals surface area contributed by atoms with E-state index in [0.29, 0.717) is 0 Å². The SMILES string of the molecule is CCN(c1ccccc1)c1nc(C)cc(N2CCCC(C)C2)n1. The van der Waals surface area contributed by atoms with Gasteiger partial charge in [0.15, 0.2) is 0 Å². The van der Waals surface area contributed by atoms with Gasteiger partial charge in [-0.3, -0.25) is 0 Å². The summed E-state index contributed by atoms with van der Waals surface area (Å²) in [6.45, 7) is 9.56. The average Bonchev–Trinajstić information content (AvgIpc) is 2.56. The summed E-state index contributed by atoms with van der Waals surface area (Å²) >= 11 is 0. The Hall–Kier alpha value is -2.10. The van der Waals surface area contributed by atoms with E-state index < -0.39 is 0 Å². The minimum atomic E-state index is 0.735. The highest BCUT2D eigenvalue weighted by molar-refractivity contribution is 5.59. The van der Waals surface area contributed by atoms with E-state index >= 15 is 0 Å². The van der Waals surface area contributed by atoms with Crippen LogP contribution in [0.15, 0.2) is 36.4 Å². The number of benzene rings is 1. The van der Waals surface area contributed by atoms with Gasteiger partial charge in [0.25, 0.3) is 0 Å². The second-order valence-corrected chi connectivity index (χ2v) is 6.44. The number of hydrogen-bond acceptors (Lipinski definition) is 4. The monoisotopic (exact) mass is 310 g/mol. The van der Waals surface area contributed by atoms with E-state index in [1.54, 1.807) is 0 Å². The van der Waals surface area contributed by atoms with Crippen molar-refractivity contribution < 1.29 is 0 Å². The van der Waals surface area contributed by atoms with Gasteiger partial charge in [0.05, 0.1) is 0 Å². The molecule has 1 aromatic carbocycles. The molecule has 0 spiro atoms. The third kappa shape index (κ3) is 3.63. The van der Waals surface area contributed by atoms with Crippen LogP contribution in [0.25, 0.3) is 0 Å². The highest BCUT2D eigenvalue weighted by Crippen LogP contribution is 2.26. The summed E-state index contributed by atoms with van der Waals surface area (Å²) in [6.07, 6.45) is 2.56. The molecule has 0 amide bonds. The molecule has 1 aliphatic rings. The van der Waals surface area contributed by atoms with Gasteiger partial charge in [-0.2, -0.15) is 4.98 Å². The fourth-order valence-electron chi connectivity index (χ4n) is 3.26. The maximum atomic E-state index is 4.88. The first-order valence-electron chi connectivity index (χ1n) is 8.60. The van der Waals surface area contributed by atoms with Crippen molar-refractivity contribution in [1.29, 1.82) is 0 Å². The standard InChI is InChI=1S/C19H26N4/c1-4-23(17-10-6-5-7-11-17)19-20-16(3)13-18(21-19)22-12-8-9-15(2)14-22/h5-7,10-11,13,15H,4,8-9,12,14H2,1-3H3. The number of nitrogens with zero attached hydrogens (tertiary/aromatic N) is 4. The van der Waals surface area contributed by atoms with Crippen LogP contribution in [0, 0.1) is 12.8 Å². The first-order chi connectivity index (χ1) is 11.2. The molecule has 3 rings (SSSR count). The van der Waals surface area contributed by atoms with Gasteiger partial charge in [0.2, 0.25) is 5.95 Å². The van der Waals surface area contributed by atoms with E-state index in [0.717, 1.165) is 48.7 Å². The first-order valence-corrected chi connectivity index (χ1v) is 8.60. The third-order valence-corrected chi connectivity index (χ3v) is 4.44. The Labute approximate surface area is 139 Å². The second kappa shape index (κ2) is 6.99. The van der Waals surface area contributed by atoms with Crippen molar-refractivity contribution >= 4 is 17.5 Å². The summed E-state index contributed by atoms with van der Waals surface area (Å²) in [5.74, 6) is 2.60. The molecule has 23 heavy (non-hydrogen) atoms. The smallest absolute Gasteiger partial charge is 0.232 e. The quantitative estimate of drug-likeness (QED) is 0.848. The van der Waals surface area contributed by atoms with Gasteiger partial charge < -0.3 is 9.80 Å². The van der Waals surface area contributed by atoms with Crippen molar-refractivity contribution in [2.45, 2.75) is 33.6 Å². The molecule has 1 fully saturated rings. The molecule has 0 radical (unpaired) electrons.